The van der Waals surface area contributed by atoms with E-state index in [4.69, 9.17) is 5.11 Å². The number of carbonyl (C=O) groups is 1. The summed E-state index contributed by atoms with van der Waals surface area (Å²) in [7, 11) is 2.22. The topological polar surface area (TPSA) is 55.6 Å². The number of hydrogen-bond acceptors (Lipinski definition) is 2. The molecular weight excluding hydrogens is 543 g/mol. The van der Waals surface area contributed by atoms with Crippen molar-refractivity contribution in [3.63, 3.8) is 0 Å². The highest BCUT2D eigenvalue weighted by molar-refractivity contribution is 6.41. The first kappa shape index (κ1) is 26.6. The van der Waals surface area contributed by atoms with Gasteiger partial charge in [0.1, 0.15) is 29.8 Å². The van der Waals surface area contributed by atoms with Crippen molar-refractivity contribution in [1.82, 2.24) is 9.29 Å². The molecule has 1 amide bonds. The van der Waals surface area contributed by atoms with Crippen LogP contribution in [-0.4, -0.2) is 50.9 Å². The number of allylic oxidation sites excluding steroid dienone is 5. The summed E-state index contributed by atoms with van der Waals surface area (Å²) >= 11 is 0. The molecule has 1 atom stereocenters. The molecule has 0 bridgehead atoms. The Morgan fingerprint density at radius 2 is 1.89 bits per heavy atom. The van der Waals surface area contributed by atoms with Gasteiger partial charge in [0, 0.05) is 31.2 Å². The van der Waals surface area contributed by atoms with Crippen molar-refractivity contribution in [2.45, 2.75) is 32.6 Å². The van der Waals surface area contributed by atoms with Crippen molar-refractivity contribution >= 4 is 36.4 Å². The highest BCUT2D eigenvalue weighted by atomic mass is 16.1. The highest BCUT2D eigenvalue weighted by Gasteiger charge is 2.46. The van der Waals surface area contributed by atoms with Crippen molar-refractivity contribution in [2.24, 2.45) is 11.0 Å². The molecule has 8 heteroatoms. The van der Waals surface area contributed by atoms with Gasteiger partial charge < -0.3 is 5.32 Å². The number of benzene rings is 2. The first-order valence-electron chi connectivity index (χ1n) is 15.5. The van der Waals surface area contributed by atoms with Gasteiger partial charge in [0.15, 0.2) is 0 Å². The zero-order valence-electron chi connectivity index (χ0n) is 24.9. The van der Waals surface area contributed by atoms with E-state index in [2.05, 4.69) is 118 Å². The van der Waals surface area contributed by atoms with E-state index in [1.807, 2.05) is 16.8 Å². The van der Waals surface area contributed by atoms with Crippen LogP contribution in [0.5, 0.6) is 0 Å². The highest BCUT2D eigenvalue weighted by Crippen LogP contribution is 2.40. The van der Waals surface area contributed by atoms with Gasteiger partial charge in [-0.3, -0.25) is 9.37 Å². The summed E-state index contributed by atoms with van der Waals surface area (Å²) in [4.78, 5) is 14.0. The second-order valence-corrected chi connectivity index (χ2v) is 12.0. The summed E-state index contributed by atoms with van der Waals surface area (Å²) in [5, 5.41) is 7.79. The predicted molar refractivity (Wildman–Crippen MR) is 173 cm³/mol. The Morgan fingerprint density at radius 1 is 1.05 bits per heavy atom. The molecule has 1 aliphatic carbocycles. The molecule has 5 heterocycles. The third-order valence-corrected chi connectivity index (χ3v) is 9.12. The number of fused-ring (bicyclic) bond motifs is 3. The van der Waals surface area contributed by atoms with E-state index in [9.17, 15) is 4.79 Å². The van der Waals surface area contributed by atoms with Gasteiger partial charge in [0.2, 0.25) is 5.91 Å². The number of rotatable bonds is 6. The molecule has 1 N–H and O–H groups in total. The Bertz CT molecular complexity index is 1890. The number of amides is 1. The van der Waals surface area contributed by atoms with Crippen molar-refractivity contribution in [3.8, 4) is 0 Å². The van der Waals surface area contributed by atoms with Gasteiger partial charge in [0.05, 0.1) is 12.1 Å². The first-order chi connectivity index (χ1) is 21.6. The van der Waals surface area contributed by atoms with E-state index in [1.165, 1.54) is 30.3 Å². The van der Waals surface area contributed by atoms with Crippen LogP contribution < -0.4 is 5.32 Å². The Hall–Kier alpha value is -4.98. The number of nitrogens with one attached hydrogen (secondary N) is 1. The summed E-state index contributed by atoms with van der Waals surface area (Å²) in [6.07, 6.45) is 17.7. The Balaban J connectivity index is 1.14. The summed E-state index contributed by atoms with van der Waals surface area (Å²) in [6, 6.07) is 23.1. The Kier molecular flexibility index (Phi) is 6.62. The number of azo groups is 2. The largest absolute Gasteiger partial charge is 0.701 e. The van der Waals surface area contributed by atoms with E-state index < -0.39 is 0 Å². The van der Waals surface area contributed by atoms with Crippen molar-refractivity contribution < 1.29 is 14.1 Å². The molecule has 1 fully saturated rings. The number of carbonyl (C=O) groups excluding carboxylic acids is 1. The number of aromatic nitrogens is 1. The van der Waals surface area contributed by atoms with Gasteiger partial charge in [-0.05, 0) is 66.2 Å². The van der Waals surface area contributed by atoms with Gasteiger partial charge in [-0.2, -0.15) is 0 Å². The average molecular weight is 578 g/mol. The zero-order chi connectivity index (χ0) is 29.6. The fraction of sp³-hybridized carbons (Fsp3) is 0.222. The molecule has 2 aromatic carbocycles. The number of hydrogen-bond donors (Lipinski definition) is 1. The third kappa shape index (κ3) is 4.80. The minimum absolute atomic E-state index is 0.0726. The third-order valence-electron chi connectivity index (χ3n) is 9.12. The molecule has 44 heavy (non-hydrogen) atoms. The van der Waals surface area contributed by atoms with E-state index in [0.29, 0.717) is 5.92 Å². The number of anilines is 1. The smallest absolute Gasteiger partial charge is 0.326 e. The SMILES string of the molecule is CC(=O)Nc1ccc(C2=C3C=CC(=[N+]4CCC5CC=CC=C5C4)N3[B]n3c2ccc3[N+]2=NC(CCc3ccccc3)=C2)cc1. The molecule has 8 rings (SSSR count). The second kappa shape index (κ2) is 10.9. The summed E-state index contributed by atoms with van der Waals surface area (Å²) in [5.74, 6) is 2.81. The second-order valence-electron chi connectivity index (χ2n) is 12.0. The zero-order valence-corrected chi connectivity index (χ0v) is 24.9. The van der Waals surface area contributed by atoms with E-state index >= 15 is 0 Å². The lowest BCUT2D eigenvalue weighted by molar-refractivity contribution is -0.532. The maximum Gasteiger partial charge on any atom is 0.701 e. The fourth-order valence-corrected chi connectivity index (χ4v) is 6.88. The molecule has 0 spiro atoms. The Morgan fingerprint density at radius 3 is 2.70 bits per heavy atom. The molecule has 7 nitrogen and oxygen atoms in total. The van der Waals surface area contributed by atoms with Gasteiger partial charge in [0.25, 0.3) is 11.7 Å². The van der Waals surface area contributed by atoms with Crippen LogP contribution in [0.2, 0.25) is 0 Å². The monoisotopic (exact) mass is 577 g/mol. The minimum Gasteiger partial charge on any atom is -0.326 e. The van der Waals surface area contributed by atoms with Crippen LogP contribution in [0.25, 0.3) is 5.57 Å². The fourth-order valence-electron chi connectivity index (χ4n) is 6.88. The van der Waals surface area contributed by atoms with Crippen LogP contribution in [0.3, 0.4) is 0 Å². The number of aryl methyl sites for hydroxylation is 1. The number of amidine groups is 1. The quantitative estimate of drug-likeness (QED) is 0.273. The van der Waals surface area contributed by atoms with Crippen LogP contribution in [0, 0.1) is 5.92 Å². The van der Waals surface area contributed by atoms with Crippen LogP contribution in [0.4, 0.5) is 11.5 Å². The lowest BCUT2D eigenvalue weighted by Gasteiger charge is -2.29. The lowest BCUT2D eigenvalue weighted by atomic mass is 9.86. The summed E-state index contributed by atoms with van der Waals surface area (Å²) in [5.41, 5.74) is 9.28. The first-order valence-corrected chi connectivity index (χ1v) is 15.5. The van der Waals surface area contributed by atoms with Crippen molar-refractivity contribution in [2.75, 3.05) is 18.4 Å². The van der Waals surface area contributed by atoms with Gasteiger partial charge >= 0.3 is 7.55 Å². The van der Waals surface area contributed by atoms with Crippen LogP contribution >= 0.6 is 0 Å². The maximum absolute atomic E-state index is 11.6. The molecular formula is C36H34BN6O+2. The minimum atomic E-state index is -0.0726. The van der Waals surface area contributed by atoms with Gasteiger partial charge in [-0.1, -0.05) is 65.8 Å². The Labute approximate surface area is 258 Å². The van der Waals surface area contributed by atoms with Crippen LogP contribution in [-0.2, 0) is 11.2 Å². The van der Waals surface area contributed by atoms with Crippen LogP contribution in [0.1, 0.15) is 43.0 Å². The van der Waals surface area contributed by atoms with Crippen molar-refractivity contribution in [3.05, 3.63) is 137 Å². The maximum atomic E-state index is 11.6. The summed E-state index contributed by atoms with van der Waals surface area (Å²) < 4.78 is 6.77. The molecule has 3 aromatic rings. The predicted octanol–water partition coefficient (Wildman–Crippen LogP) is 6.37. The lowest BCUT2D eigenvalue weighted by Crippen LogP contribution is -2.44. The molecule has 1 saturated heterocycles. The van der Waals surface area contributed by atoms with Crippen LogP contribution in [0.15, 0.2) is 125 Å². The number of nitrogens with zero attached hydrogens (tertiary/aromatic N) is 5. The van der Waals surface area contributed by atoms with Gasteiger partial charge in [-0.25, -0.2) is 9.29 Å². The molecule has 1 radical (unpaired) electrons. The summed E-state index contributed by atoms with van der Waals surface area (Å²) in [6.45, 7) is 3.52. The standard InChI is InChI=1S/C36H33BN6O/c1-25(44)38-30-15-12-28(13-16-30)36-32-17-19-34(40-22-21-27-9-5-6-10-29(27)23-40)42(32)37-43-33(36)18-20-35(43)41-24-31(39-41)14-11-26-7-3-2-4-8-26/h2-8,10,12-13,15-20,24,27H,9,11,14,21-23H2,1H3/q+1/p+1. The van der Waals surface area contributed by atoms with Crippen molar-refractivity contribution in [1.29, 1.82) is 0 Å². The number of piperidine rings is 1. The van der Waals surface area contributed by atoms with Gasteiger partial charge in [-0.15, -0.1) is 4.70 Å². The molecule has 215 valence electrons. The van der Waals surface area contributed by atoms with E-state index in [0.717, 1.165) is 72.1 Å². The molecule has 4 aliphatic heterocycles. The molecule has 1 unspecified atom stereocenters. The molecule has 5 aliphatic rings. The molecule has 1 aromatic heterocycles. The average Bonchev–Trinajstić information content (AvgIpc) is 3.64. The van der Waals surface area contributed by atoms with E-state index in [-0.39, 0.29) is 5.91 Å². The molecule has 0 saturated carbocycles. The normalized spacial score (nSPS) is 21.4. The van der Waals surface area contributed by atoms with E-state index in [1.54, 1.807) is 0 Å².